The lowest BCUT2D eigenvalue weighted by Crippen LogP contribution is -2.24. The Balaban J connectivity index is 1.86. The maximum atomic E-state index is 11.0. The van der Waals surface area contributed by atoms with E-state index in [1.165, 1.54) is 19.0 Å². The lowest BCUT2D eigenvalue weighted by molar-refractivity contribution is 0.243. The molecule has 14 heavy (non-hydrogen) atoms. The number of nitrogens with zero attached hydrogens (tertiary/aromatic N) is 2. The molecule has 3 rings (SSSR count). The van der Waals surface area contributed by atoms with Crippen molar-refractivity contribution in [3.8, 4) is 0 Å². The molecule has 1 aliphatic carbocycles. The van der Waals surface area contributed by atoms with Gasteiger partial charge in [0.25, 0.3) is 5.56 Å². The van der Waals surface area contributed by atoms with E-state index in [1.807, 2.05) is 0 Å². The van der Waals surface area contributed by atoms with Gasteiger partial charge >= 0.3 is 0 Å². The van der Waals surface area contributed by atoms with Gasteiger partial charge in [0.1, 0.15) is 0 Å². The summed E-state index contributed by atoms with van der Waals surface area (Å²) in [6.07, 6.45) is 4.13. The topological polar surface area (TPSA) is 49.0 Å². The number of H-pyrrole nitrogens is 1. The lowest BCUT2D eigenvalue weighted by Gasteiger charge is -2.27. The standard InChI is InChI=1S/C10H12N3O/c14-9-3-4-11-10(12-9)13-5-7-1-2-8(7)6-13/h4,7-8H,1-2,5-6H2,(H,11,12,14). The minimum absolute atomic E-state index is 0.186. The number of rotatable bonds is 1. The Labute approximate surface area is 82.0 Å². The molecule has 1 radical (unpaired) electrons. The van der Waals surface area contributed by atoms with Crippen LogP contribution >= 0.6 is 0 Å². The Bertz CT molecular complexity index is 388. The summed E-state index contributed by atoms with van der Waals surface area (Å²) in [5.41, 5.74) is -0.186. The monoisotopic (exact) mass is 190 g/mol. The highest BCUT2D eigenvalue weighted by Gasteiger charge is 2.39. The molecule has 4 heteroatoms. The number of hydrogen-bond acceptors (Lipinski definition) is 3. The van der Waals surface area contributed by atoms with Gasteiger partial charge in [-0.15, -0.1) is 0 Å². The molecule has 1 aliphatic heterocycles. The molecule has 4 nitrogen and oxygen atoms in total. The zero-order valence-electron chi connectivity index (χ0n) is 7.86. The number of anilines is 1. The van der Waals surface area contributed by atoms with Crippen molar-refractivity contribution in [1.29, 1.82) is 0 Å². The fraction of sp³-hybridized carbons (Fsp3) is 0.600. The van der Waals surface area contributed by atoms with Crippen LogP contribution < -0.4 is 10.5 Å². The van der Waals surface area contributed by atoms with Gasteiger partial charge in [-0.2, -0.15) is 0 Å². The minimum atomic E-state index is -0.186. The van der Waals surface area contributed by atoms with E-state index in [1.54, 1.807) is 0 Å². The molecule has 1 aromatic heterocycles. The number of fused-ring (bicyclic) bond motifs is 1. The predicted molar refractivity (Wildman–Crippen MR) is 52.1 cm³/mol. The molecule has 73 valence electrons. The van der Waals surface area contributed by atoms with E-state index in [0.29, 0.717) is 5.95 Å². The third kappa shape index (κ3) is 1.14. The molecule has 0 bridgehead atoms. The van der Waals surface area contributed by atoms with Gasteiger partial charge in [0.05, 0.1) is 6.07 Å². The van der Waals surface area contributed by atoms with Crippen molar-refractivity contribution in [3.05, 3.63) is 22.6 Å². The maximum Gasteiger partial charge on any atom is 0.260 e. The van der Waals surface area contributed by atoms with Crippen molar-refractivity contribution in [2.24, 2.45) is 11.8 Å². The zero-order valence-corrected chi connectivity index (χ0v) is 7.86. The van der Waals surface area contributed by atoms with Crippen molar-refractivity contribution in [2.75, 3.05) is 18.0 Å². The summed E-state index contributed by atoms with van der Waals surface area (Å²) in [4.78, 5) is 20.1. The van der Waals surface area contributed by atoms with Crippen LogP contribution in [0.25, 0.3) is 0 Å². The molecule has 2 fully saturated rings. The molecule has 1 saturated heterocycles. The van der Waals surface area contributed by atoms with E-state index in [2.05, 4.69) is 20.9 Å². The Kier molecular flexibility index (Phi) is 1.63. The SMILES string of the molecule is O=c1[c]cnc(N2CC3CCC3C2)[nH]1. The van der Waals surface area contributed by atoms with Crippen molar-refractivity contribution in [2.45, 2.75) is 12.8 Å². The zero-order chi connectivity index (χ0) is 9.54. The first kappa shape index (κ1) is 8.03. The van der Waals surface area contributed by atoms with E-state index >= 15 is 0 Å². The highest BCUT2D eigenvalue weighted by molar-refractivity contribution is 5.31. The van der Waals surface area contributed by atoms with Gasteiger partial charge in [-0.05, 0) is 24.7 Å². The first-order chi connectivity index (χ1) is 6.83. The van der Waals surface area contributed by atoms with Crippen molar-refractivity contribution in [3.63, 3.8) is 0 Å². The van der Waals surface area contributed by atoms with Crippen LogP contribution in [0.3, 0.4) is 0 Å². The molecular formula is C10H12N3O. The van der Waals surface area contributed by atoms with Crippen molar-refractivity contribution >= 4 is 5.95 Å². The van der Waals surface area contributed by atoms with E-state index < -0.39 is 0 Å². The molecule has 2 heterocycles. The fourth-order valence-electron chi connectivity index (χ4n) is 2.42. The summed E-state index contributed by atoms with van der Waals surface area (Å²) in [6.45, 7) is 2.11. The molecule has 1 N–H and O–H groups in total. The highest BCUT2D eigenvalue weighted by Crippen LogP contribution is 2.40. The molecule has 0 aromatic carbocycles. The normalized spacial score (nSPS) is 29.9. The molecule has 2 unspecified atom stereocenters. The average molecular weight is 190 g/mol. The first-order valence-electron chi connectivity index (χ1n) is 5.05. The Morgan fingerprint density at radius 1 is 1.43 bits per heavy atom. The van der Waals surface area contributed by atoms with Crippen LogP contribution in [-0.4, -0.2) is 23.1 Å². The van der Waals surface area contributed by atoms with E-state index in [-0.39, 0.29) is 5.56 Å². The summed E-state index contributed by atoms with van der Waals surface area (Å²) >= 11 is 0. The summed E-state index contributed by atoms with van der Waals surface area (Å²) in [5.74, 6) is 2.39. The second-order valence-corrected chi connectivity index (χ2v) is 4.18. The van der Waals surface area contributed by atoms with Gasteiger partial charge in [-0.25, -0.2) is 4.98 Å². The fourth-order valence-corrected chi connectivity index (χ4v) is 2.42. The lowest BCUT2D eigenvalue weighted by atomic mass is 9.77. The largest absolute Gasteiger partial charge is 0.342 e. The van der Waals surface area contributed by atoms with Crippen LogP contribution in [0.2, 0.25) is 0 Å². The van der Waals surface area contributed by atoms with Gasteiger partial charge in [-0.1, -0.05) is 0 Å². The number of aromatic amines is 1. The van der Waals surface area contributed by atoms with Crippen LogP contribution in [0.1, 0.15) is 12.8 Å². The van der Waals surface area contributed by atoms with Crippen LogP contribution in [0.4, 0.5) is 5.95 Å². The predicted octanol–water partition coefficient (Wildman–Crippen LogP) is 0.416. The Morgan fingerprint density at radius 3 is 2.71 bits per heavy atom. The molecule has 1 saturated carbocycles. The first-order valence-corrected chi connectivity index (χ1v) is 5.05. The van der Waals surface area contributed by atoms with Gasteiger partial charge in [0, 0.05) is 19.3 Å². The summed E-state index contributed by atoms with van der Waals surface area (Å²) in [6, 6.07) is 2.48. The quantitative estimate of drug-likeness (QED) is 0.698. The van der Waals surface area contributed by atoms with Crippen molar-refractivity contribution in [1.82, 2.24) is 9.97 Å². The Hall–Kier alpha value is -1.32. The molecule has 1 aromatic rings. The van der Waals surface area contributed by atoms with Crippen LogP contribution in [0, 0.1) is 17.9 Å². The van der Waals surface area contributed by atoms with Gasteiger partial charge in [0.2, 0.25) is 5.95 Å². The molecule has 2 aliphatic rings. The van der Waals surface area contributed by atoms with E-state index in [9.17, 15) is 4.79 Å². The number of nitrogens with one attached hydrogen (secondary N) is 1. The minimum Gasteiger partial charge on any atom is -0.342 e. The third-order valence-corrected chi connectivity index (χ3v) is 3.39. The maximum absolute atomic E-state index is 11.0. The van der Waals surface area contributed by atoms with Crippen LogP contribution in [0.5, 0.6) is 0 Å². The summed E-state index contributed by atoms with van der Waals surface area (Å²) in [5, 5.41) is 0. The van der Waals surface area contributed by atoms with E-state index in [4.69, 9.17) is 0 Å². The molecular weight excluding hydrogens is 178 g/mol. The average Bonchev–Trinajstić information content (AvgIpc) is 2.43. The molecule has 2 atom stereocenters. The number of hydrogen-bond donors (Lipinski definition) is 1. The summed E-state index contributed by atoms with van der Waals surface area (Å²) < 4.78 is 0. The van der Waals surface area contributed by atoms with Gasteiger partial charge < -0.3 is 4.90 Å². The van der Waals surface area contributed by atoms with Gasteiger partial charge in [-0.3, -0.25) is 9.78 Å². The van der Waals surface area contributed by atoms with Crippen LogP contribution in [-0.2, 0) is 0 Å². The second-order valence-electron chi connectivity index (χ2n) is 4.18. The molecule has 0 amide bonds. The van der Waals surface area contributed by atoms with Gasteiger partial charge in [0.15, 0.2) is 0 Å². The molecule has 0 spiro atoms. The highest BCUT2D eigenvalue weighted by atomic mass is 16.1. The van der Waals surface area contributed by atoms with Crippen molar-refractivity contribution < 1.29 is 0 Å². The summed E-state index contributed by atoms with van der Waals surface area (Å²) in [7, 11) is 0. The van der Waals surface area contributed by atoms with Crippen LogP contribution in [0.15, 0.2) is 11.0 Å². The number of aromatic nitrogens is 2. The Morgan fingerprint density at radius 2 is 2.14 bits per heavy atom. The third-order valence-electron chi connectivity index (χ3n) is 3.39. The second kappa shape index (κ2) is 2.83. The smallest absolute Gasteiger partial charge is 0.260 e. The van der Waals surface area contributed by atoms with E-state index in [0.717, 1.165) is 24.9 Å².